The molecule has 22 heavy (non-hydrogen) atoms. The molecule has 1 aromatic heterocycles. The van der Waals surface area contributed by atoms with Crippen LogP contribution in [0.1, 0.15) is 32.1 Å². The van der Waals surface area contributed by atoms with Gasteiger partial charge in [-0.15, -0.1) is 0 Å². The van der Waals surface area contributed by atoms with Crippen LogP contribution in [0.4, 0.5) is 0 Å². The predicted molar refractivity (Wildman–Crippen MR) is 85.0 cm³/mol. The Hall–Kier alpha value is -1.33. The minimum Gasteiger partial charge on any atom is -0.476 e. The lowest BCUT2D eigenvalue weighted by Crippen LogP contribution is -2.44. The van der Waals surface area contributed by atoms with Crippen molar-refractivity contribution in [2.24, 2.45) is 5.92 Å². The number of carbonyl (C=O) groups excluding carboxylic acids is 1. The largest absolute Gasteiger partial charge is 0.476 e. The van der Waals surface area contributed by atoms with Crippen molar-refractivity contribution in [3.05, 3.63) is 23.4 Å². The van der Waals surface area contributed by atoms with E-state index in [4.69, 9.17) is 16.3 Å². The Balaban J connectivity index is 1.37. The number of carbonyl (C=O) groups is 1. The molecular weight excluding hydrogens is 302 g/mol. The van der Waals surface area contributed by atoms with E-state index in [1.165, 1.54) is 25.7 Å². The van der Waals surface area contributed by atoms with Gasteiger partial charge in [-0.25, -0.2) is 4.98 Å². The van der Waals surface area contributed by atoms with E-state index in [-0.39, 0.29) is 11.9 Å². The number of halogens is 1. The minimum atomic E-state index is -0.0400. The number of hydrogen-bond donors (Lipinski definition) is 2. The molecule has 0 radical (unpaired) electrons. The Bertz CT molecular complexity index is 495. The van der Waals surface area contributed by atoms with Crippen LogP contribution in [-0.2, 0) is 4.79 Å². The maximum Gasteiger partial charge on any atom is 0.237 e. The van der Waals surface area contributed by atoms with Gasteiger partial charge in [-0.2, -0.15) is 0 Å². The number of nitrogens with one attached hydrogen (secondary N) is 2. The molecule has 2 aliphatic rings. The van der Waals surface area contributed by atoms with E-state index in [9.17, 15) is 4.79 Å². The highest BCUT2D eigenvalue weighted by atomic mass is 35.5. The average molecular weight is 324 g/mol. The van der Waals surface area contributed by atoms with Crippen LogP contribution >= 0.6 is 11.6 Å². The predicted octanol–water partition coefficient (Wildman–Crippen LogP) is 2.15. The molecule has 5 nitrogen and oxygen atoms in total. The van der Waals surface area contributed by atoms with E-state index >= 15 is 0 Å². The smallest absolute Gasteiger partial charge is 0.237 e. The van der Waals surface area contributed by atoms with Crippen LogP contribution in [-0.4, -0.2) is 36.1 Å². The van der Waals surface area contributed by atoms with Gasteiger partial charge in [0.05, 0.1) is 17.6 Å². The molecule has 1 aliphatic carbocycles. The van der Waals surface area contributed by atoms with Crippen molar-refractivity contribution < 1.29 is 9.53 Å². The van der Waals surface area contributed by atoms with Crippen LogP contribution in [0.15, 0.2) is 18.3 Å². The molecular formula is C16H22ClN3O2. The van der Waals surface area contributed by atoms with Crippen molar-refractivity contribution >= 4 is 17.5 Å². The van der Waals surface area contributed by atoms with E-state index in [2.05, 4.69) is 15.6 Å². The van der Waals surface area contributed by atoms with E-state index in [0.717, 1.165) is 6.42 Å². The highest BCUT2D eigenvalue weighted by molar-refractivity contribution is 6.30. The van der Waals surface area contributed by atoms with E-state index in [1.54, 1.807) is 18.3 Å². The lowest BCUT2D eigenvalue weighted by atomic mass is 9.85. The summed E-state index contributed by atoms with van der Waals surface area (Å²) in [6.45, 7) is 0.886. The normalized spacial score (nSPS) is 27.2. The van der Waals surface area contributed by atoms with Crippen LogP contribution < -0.4 is 15.4 Å². The number of ether oxygens (including phenoxy) is 1. The van der Waals surface area contributed by atoms with Gasteiger partial charge in [-0.05, 0) is 31.2 Å². The number of rotatable bonds is 5. The second-order valence-corrected chi connectivity index (χ2v) is 6.50. The fourth-order valence-electron chi connectivity index (χ4n) is 3.42. The Morgan fingerprint density at radius 3 is 3.05 bits per heavy atom. The highest BCUT2D eigenvalue weighted by Gasteiger charge is 2.37. The average Bonchev–Trinajstić information content (AvgIpc) is 2.97. The van der Waals surface area contributed by atoms with Crippen molar-refractivity contribution in [1.29, 1.82) is 0 Å². The maximum atomic E-state index is 12.2. The van der Waals surface area contributed by atoms with Crippen LogP contribution in [0.2, 0.25) is 5.02 Å². The zero-order valence-corrected chi connectivity index (χ0v) is 13.3. The summed E-state index contributed by atoms with van der Waals surface area (Å²) in [7, 11) is 0. The fraction of sp³-hybridized carbons (Fsp3) is 0.625. The number of hydrogen-bond acceptors (Lipinski definition) is 4. The van der Waals surface area contributed by atoms with Gasteiger partial charge in [-0.1, -0.05) is 24.4 Å². The quantitative estimate of drug-likeness (QED) is 0.815. The molecule has 120 valence electrons. The second kappa shape index (κ2) is 7.29. The number of nitrogens with zero attached hydrogens (tertiary/aromatic N) is 1. The first kappa shape index (κ1) is 15.6. The van der Waals surface area contributed by atoms with Crippen molar-refractivity contribution in [1.82, 2.24) is 15.6 Å². The van der Waals surface area contributed by atoms with Gasteiger partial charge in [0.2, 0.25) is 11.8 Å². The third-order valence-corrected chi connectivity index (χ3v) is 4.75. The van der Waals surface area contributed by atoms with Gasteiger partial charge in [0.1, 0.15) is 6.61 Å². The second-order valence-electron chi connectivity index (χ2n) is 6.06. The molecule has 0 spiro atoms. The molecule has 1 amide bonds. The number of aromatic nitrogens is 1. The third-order valence-electron chi connectivity index (χ3n) is 4.53. The van der Waals surface area contributed by atoms with Crippen molar-refractivity contribution in [2.45, 2.75) is 44.2 Å². The fourth-order valence-corrected chi connectivity index (χ4v) is 3.53. The molecule has 2 heterocycles. The summed E-state index contributed by atoms with van der Waals surface area (Å²) in [6, 6.07) is 3.95. The molecule has 2 N–H and O–H groups in total. The maximum absolute atomic E-state index is 12.2. The standard InChI is InChI=1S/C16H22ClN3O2/c17-12-5-6-15(19-10-12)22-8-7-18-16(21)14-9-11-3-1-2-4-13(11)20-14/h5-6,10-11,13-14,20H,1-4,7-9H2,(H,18,21). The molecule has 3 rings (SSSR count). The lowest BCUT2D eigenvalue weighted by molar-refractivity contribution is -0.123. The monoisotopic (exact) mass is 323 g/mol. The summed E-state index contributed by atoms with van der Waals surface area (Å²) < 4.78 is 5.46. The summed E-state index contributed by atoms with van der Waals surface area (Å²) in [5.41, 5.74) is 0. The molecule has 1 saturated carbocycles. The lowest BCUT2D eigenvalue weighted by Gasteiger charge is -2.24. The van der Waals surface area contributed by atoms with Crippen LogP contribution in [0.25, 0.3) is 0 Å². The molecule has 3 unspecified atom stereocenters. The van der Waals surface area contributed by atoms with Gasteiger partial charge >= 0.3 is 0 Å². The summed E-state index contributed by atoms with van der Waals surface area (Å²) in [6.07, 6.45) is 7.56. The van der Waals surface area contributed by atoms with E-state index in [1.807, 2.05) is 0 Å². The van der Waals surface area contributed by atoms with E-state index in [0.29, 0.717) is 36.0 Å². The van der Waals surface area contributed by atoms with E-state index < -0.39 is 0 Å². The molecule has 1 aromatic rings. The van der Waals surface area contributed by atoms with Gasteiger partial charge in [0.15, 0.2) is 0 Å². The van der Waals surface area contributed by atoms with Gasteiger partial charge in [-0.3, -0.25) is 4.79 Å². The van der Waals surface area contributed by atoms with Crippen molar-refractivity contribution in [2.75, 3.05) is 13.2 Å². The molecule has 1 saturated heterocycles. The molecule has 3 atom stereocenters. The minimum absolute atomic E-state index is 0.0400. The SMILES string of the molecule is O=C(NCCOc1ccc(Cl)cn1)C1CC2CCCCC2N1. The first-order chi connectivity index (χ1) is 10.7. The van der Waals surface area contributed by atoms with Gasteiger partial charge < -0.3 is 15.4 Å². The van der Waals surface area contributed by atoms with Crippen LogP contribution in [0.3, 0.4) is 0 Å². The summed E-state index contributed by atoms with van der Waals surface area (Å²) in [5.74, 6) is 1.28. The van der Waals surface area contributed by atoms with Gasteiger partial charge in [0.25, 0.3) is 0 Å². The highest BCUT2D eigenvalue weighted by Crippen LogP contribution is 2.33. The first-order valence-corrected chi connectivity index (χ1v) is 8.38. The number of pyridine rings is 1. The molecule has 6 heteroatoms. The molecule has 2 fully saturated rings. The zero-order valence-electron chi connectivity index (χ0n) is 12.6. The summed E-state index contributed by atoms with van der Waals surface area (Å²) in [5, 5.41) is 6.99. The third kappa shape index (κ3) is 3.90. The summed E-state index contributed by atoms with van der Waals surface area (Å²) >= 11 is 5.76. The molecule has 0 aromatic carbocycles. The Morgan fingerprint density at radius 2 is 2.27 bits per heavy atom. The Labute approximate surface area is 135 Å². The van der Waals surface area contributed by atoms with Crippen molar-refractivity contribution in [3.8, 4) is 5.88 Å². The first-order valence-electron chi connectivity index (χ1n) is 8.00. The number of fused-ring (bicyclic) bond motifs is 1. The van der Waals surface area contributed by atoms with Gasteiger partial charge in [0, 0.05) is 18.3 Å². The number of amides is 1. The van der Waals surface area contributed by atoms with Crippen molar-refractivity contribution in [3.63, 3.8) is 0 Å². The topological polar surface area (TPSA) is 63.2 Å². The Kier molecular flexibility index (Phi) is 5.16. The molecule has 0 bridgehead atoms. The van der Waals surface area contributed by atoms with Crippen LogP contribution in [0.5, 0.6) is 5.88 Å². The molecule has 1 aliphatic heterocycles. The summed E-state index contributed by atoms with van der Waals surface area (Å²) in [4.78, 5) is 16.2. The zero-order chi connectivity index (χ0) is 15.4. The van der Waals surface area contributed by atoms with Crippen LogP contribution in [0, 0.1) is 5.92 Å². The Morgan fingerprint density at radius 1 is 1.41 bits per heavy atom.